The Labute approximate surface area is 115 Å². The van der Waals surface area contributed by atoms with Gasteiger partial charge in [-0.05, 0) is 38.0 Å². The maximum Gasteiger partial charge on any atom is 0.203 e. The van der Waals surface area contributed by atoms with Gasteiger partial charge in [-0.15, -0.1) is 0 Å². The number of hydrogen-bond acceptors (Lipinski definition) is 4. The molecule has 19 heavy (non-hydrogen) atoms. The fourth-order valence-corrected chi connectivity index (χ4v) is 2.96. The summed E-state index contributed by atoms with van der Waals surface area (Å²) in [5, 5.41) is 3.56. The standard InChI is InChI=1S/C15H23NO3/c1-9-6-12(10(2)16-9)11-7-13(17-3)15(19-5)14(8-11)18-4/h7-10,12,16H,6H2,1-5H3. The summed E-state index contributed by atoms with van der Waals surface area (Å²) >= 11 is 0. The van der Waals surface area contributed by atoms with E-state index in [4.69, 9.17) is 14.2 Å². The molecule has 2 rings (SSSR count). The smallest absolute Gasteiger partial charge is 0.203 e. The fraction of sp³-hybridized carbons (Fsp3) is 0.600. The van der Waals surface area contributed by atoms with Crippen LogP contribution in [0.1, 0.15) is 31.7 Å². The summed E-state index contributed by atoms with van der Waals surface area (Å²) in [4.78, 5) is 0. The van der Waals surface area contributed by atoms with Gasteiger partial charge in [0.1, 0.15) is 0 Å². The van der Waals surface area contributed by atoms with E-state index in [1.165, 1.54) is 5.56 Å². The van der Waals surface area contributed by atoms with Gasteiger partial charge < -0.3 is 19.5 Å². The van der Waals surface area contributed by atoms with Gasteiger partial charge in [0.2, 0.25) is 5.75 Å². The average molecular weight is 265 g/mol. The third kappa shape index (κ3) is 2.63. The number of nitrogens with one attached hydrogen (secondary N) is 1. The van der Waals surface area contributed by atoms with Crippen LogP contribution in [0, 0.1) is 0 Å². The van der Waals surface area contributed by atoms with Crippen LogP contribution in [0.4, 0.5) is 0 Å². The van der Waals surface area contributed by atoms with Crippen LogP contribution in [0.2, 0.25) is 0 Å². The molecule has 1 aliphatic rings. The quantitative estimate of drug-likeness (QED) is 0.908. The van der Waals surface area contributed by atoms with Gasteiger partial charge in [0.15, 0.2) is 11.5 Å². The van der Waals surface area contributed by atoms with Crippen molar-refractivity contribution in [3.8, 4) is 17.2 Å². The lowest BCUT2D eigenvalue weighted by atomic mass is 9.91. The van der Waals surface area contributed by atoms with Crippen molar-refractivity contribution in [2.24, 2.45) is 0 Å². The largest absolute Gasteiger partial charge is 0.493 e. The van der Waals surface area contributed by atoms with E-state index in [1.54, 1.807) is 21.3 Å². The Hall–Kier alpha value is -1.42. The van der Waals surface area contributed by atoms with Crippen LogP contribution < -0.4 is 19.5 Å². The summed E-state index contributed by atoms with van der Waals surface area (Å²) in [6, 6.07) is 5.11. The lowest BCUT2D eigenvalue weighted by Crippen LogP contribution is -2.26. The molecule has 0 amide bonds. The van der Waals surface area contributed by atoms with Crippen molar-refractivity contribution in [1.29, 1.82) is 0 Å². The number of benzene rings is 1. The SMILES string of the molecule is COc1cc(C2CC(C)NC2C)cc(OC)c1OC. The summed E-state index contributed by atoms with van der Waals surface area (Å²) in [6.07, 6.45) is 1.12. The molecular formula is C15H23NO3. The normalized spacial score (nSPS) is 26.3. The molecule has 0 radical (unpaired) electrons. The molecule has 0 spiro atoms. The van der Waals surface area contributed by atoms with Crippen LogP contribution in [-0.4, -0.2) is 33.4 Å². The van der Waals surface area contributed by atoms with E-state index in [0.717, 1.165) is 17.9 Å². The molecule has 0 saturated carbocycles. The Balaban J connectivity index is 2.41. The monoisotopic (exact) mass is 265 g/mol. The fourth-order valence-electron chi connectivity index (χ4n) is 2.96. The highest BCUT2D eigenvalue weighted by Gasteiger charge is 2.30. The van der Waals surface area contributed by atoms with E-state index in [2.05, 4.69) is 31.3 Å². The van der Waals surface area contributed by atoms with Gasteiger partial charge in [0.05, 0.1) is 21.3 Å². The second kappa shape index (κ2) is 5.70. The van der Waals surface area contributed by atoms with Crippen LogP contribution in [0.3, 0.4) is 0 Å². The Bertz CT molecular complexity index is 422. The Morgan fingerprint density at radius 3 is 1.95 bits per heavy atom. The molecule has 3 atom stereocenters. The minimum absolute atomic E-state index is 0.456. The summed E-state index contributed by atoms with van der Waals surface area (Å²) in [5.41, 5.74) is 1.24. The van der Waals surface area contributed by atoms with Crippen molar-refractivity contribution in [3.63, 3.8) is 0 Å². The highest BCUT2D eigenvalue weighted by Crippen LogP contribution is 2.42. The first kappa shape index (κ1) is 14.0. The first-order valence-corrected chi connectivity index (χ1v) is 6.66. The maximum absolute atomic E-state index is 5.42. The van der Waals surface area contributed by atoms with E-state index in [9.17, 15) is 0 Å². The zero-order valence-electron chi connectivity index (χ0n) is 12.3. The van der Waals surface area contributed by atoms with Crippen molar-refractivity contribution in [3.05, 3.63) is 17.7 Å². The molecule has 4 nitrogen and oxygen atoms in total. The predicted octanol–water partition coefficient (Wildman–Crippen LogP) is 2.57. The first-order valence-electron chi connectivity index (χ1n) is 6.66. The van der Waals surface area contributed by atoms with Gasteiger partial charge in [0.25, 0.3) is 0 Å². The Morgan fingerprint density at radius 1 is 1.00 bits per heavy atom. The molecule has 1 aliphatic heterocycles. The average Bonchev–Trinajstić information content (AvgIpc) is 2.75. The molecule has 1 heterocycles. The minimum atomic E-state index is 0.456. The van der Waals surface area contributed by atoms with Gasteiger partial charge >= 0.3 is 0 Å². The second-order valence-corrected chi connectivity index (χ2v) is 5.16. The molecule has 1 saturated heterocycles. The van der Waals surface area contributed by atoms with E-state index in [0.29, 0.717) is 23.8 Å². The van der Waals surface area contributed by atoms with Crippen LogP contribution in [0.5, 0.6) is 17.2 Å². The van der Waals surface area contributed by atoms with Gasteiger partial charge in [-0.1, -0.05) is 0 Å². The highest BCUT2D eigenvalue weighted by molar-refractivity contribution is 5.54. The van der Waals surface area contributed by atoms with Crippen LogP contribution >= 0.6 is 0 Å². The molecule has 106 valence electrons. The van der Waals surface area contributed by atoms with Crippen molar-refractivity contribution < 1.29 is 14.2 Å². The minimum Gasteiger partial charge on any atom is -0.493 e. The molecule has 0 aromatic heterocycles. The zero-order chi connectivity index (χ0) is 14.0. The summed E-state index contributed by atoms with van der Waals surface area (Å²) in [6.45, 7) is 4.44. The molecule has 3 unspecified atom stereocenters. The van der Waals surface area contributed by atoms with Crippen molar-refractivity contribution in [2.75, 3.05) is 21.3 Å². The Kier molecular flexibility index (Phi) is 4.20. The molecule has 1 fully saturated rings. The molecule has 4 heteroatoms. The van der Waals surface area contributed by atoms with Crippen LogP contribution in [0.15, 0.2) is 12.1 Å². The molecule has 0 bridgehead atoms. The first-order chi connectivity index (χ1) is 9.10. The topological polar surface area (TPSA) is 39.7 Å². The number of hydrogen-bond donors (Lipinski definition) is 1. The second-order valence-electron chi connectivity index (χ2n) is 5.16. The third-order valence-corrected chi connectivity index (χ3v) is 3.87. The molecule has 0 aliphatic carbocycles. The zero-order valence-corrected chi connectivity index (χ0v) is 12.3. The lowest BCUT2D eigenvalue weighted by Gasteiger charge is -2.19. The highest BCUT2D eigenvalue weighted by atomic mass is 16.5. The predicted molar refractivity (Wildman–Crippen MR) is 75.5 cm³/mol. The van der Waals surface area contributed by atoms with Gasteiger partial charge in [-0.2, -0.15) is 0 Å². The van der Waals surface area contributed by atoms with Crippen molar-refractivity contribution in [1.82, 2.24) is 5.32 Å². The third-order valence-electron chi connectivity index (χ3n) is 3.87. The number of methoxy groups -OCH3 is 3. The molecular weight excluding hydrogens is 242 g/mol. The molecule has 1 N–H and O–H groups in total. The number of ether oxygens (including phenoxy) is 3. The van der Waals surface area contributed by atoms with Crippen molar-refractivity contribution in [2.45, 2.75) is 38.3 Å². The van der Waals surface area contributed by atoms with E-state index in [-0.39, 0.29) is 0 Å². The lowest BCUT2D eigenvalue weighted by molar-refractivity contribution is 0.323. The molecule has 1 aromatic carbocycles. The summed E-state index contributed by atoms with van der Waals surface area (Å²) in [5.74, 6) is 2.58. The van der Waals surface area contributed by atoms with Gasteiger partial charge in [-0.3, -0.25) is 0 Å². The van der Waals surface area contributed by atoms with Crippen LogP contribution in [0.25, 0.3) is 0 Å². The van der Waals surface area contributed by atoms with E-state index in [1.807, 2.05) is 0 Å². The maximum atomic E-state index is 5.42. The van der Waals surface area contributed by atoms with Crippen LogP contribution in [-0.2, 0) is 0 Å². The van der Waals surface area contributed by atoms with Gasteiger partial charge in [-0.25, -0.2) is 0 Å². The summed E-state index contributed by atoms with van der Waals surface area (Å²) < 4.78 is 16.2. The summed E-state index contributed by atoms with van der Waals surface area (Å²) in [7, 11) is 4.93. The molecule has 1 aromatic rings. The van der Waals surface area contributed by atoms with E-state index < -0.39 is 0 Å². The Morgan fingerprint density at radius 2 is 1.58 bits per heavy atom. The number of rotatable bonds is 4. The van der Waals surface area contributed by atoms with Gasteiger partial charge in [0, 0.05) is 18.0 Å². The van der Waals surface area contributed by atoms with E-state index >= 15 is 0 Å². The van der Waals surface area contributed by atoms with Crippen molar-refractivity contribution >= 4 is 0 Å².